The molecule has 534 valence electrons. The van der Waals surface area contributed by atoms with Gasteiger partial charge in [0.15, 0.2) is 12.4 Å². The van der Waals surface area contributed by atoms with E-state index in [9.17, 15) is 19.5 Å². The zero-order chi connectivity index (χ0) is 69.0. The van der Waals surface area contributed by atoms with E-state index in [1.165, 1.54) is 83.5 Å². The predicted molar refractivity (Wildman–Crippen MR) is 407 cm³/mol. The number of hydrogen-bond acceptors (Lipinski definition) is 8. The highest BCUT2D eigenvalue weighted by atomic mass is 16.7. The molecule has 9 heteroatoms. The Morgan fingerprint density at radius 3 is 0.842 bits per heavy atom. The fourth-order valence-corrected chi connectivity index (χ4v) is 9.69. The van der Waals surface area contributed by atoms with E-state index in [0.717, 1.165) is 154 Å². The minimum Gasteiger partial charge on any atom is -0.545 e. The molecule has 9 nitrogen and oxygen atoms in total. The second kappa shape index (κ2) is 73.9. The molecule has 0 heterocycles. The van der Waals surface area contributed by atoms with E-state index in [1.54, 1.807) is 0 Å². The molecule has 0 aliphatic carbocycles. The molecule has 0 radical (unpaired) electrons. The highest BCUT2D eigenvalue weighted by Gasteiger charge is 2.22. The molecule has 0 aliphatic heterocycles. The molecule has 0 N–H and O–H groups in total. The molecule has 0 aliphatic rings. The predicted octanol–water partition coefficient (Wildman–Crippen LogP) is 22.8. The summed E-state index contributed by atoms with van der Waals surface area (Å²) in [5.41, 5.74) is 0. The summed E-state index contributed by atoms with van der Waals surface area (Å²) in [6, 6.07) is 0. The van der Waals surface area contributed by atoms with E-state index < -0.39 is 24.3 Å². The Morgan fingerprint density at radius 2 is 0.568 bits per heavy atom. The van der Waals surface area contributed by atoms with Crippen molar-refractivity contribution in [3.63, 3.8) is 0 Å². The van der Waals surface area contributed by atoms with E-state index >= 15 is 0 Å². The normalized spacial score (nSPS) is 13.8. The number of allylic oxidation sites excluding steroid dienone is 32. The summed E-state index contributed by atoms with van der Waals surface area (Å²) >= 11 is 0. The topological polar surface area (TPSA) is 111 Å². The van der Waals surface area contributed by atoms with Crippen molar-refractivity contribution >= 4 is 17.9 Å². The molecule has 0 amide bonds. The minimum atomic E-state index is -1.64. The van der Waals surface area contributed by atoms with Crippen molar-refractivity contribution in [1.82, 2.24) is 0 Å². The monoisotopic (exact) mass is 1310 g/mol. The third-order valence-electron chi connectivity index (χ3n) is 15.3. The second-order valence-corrected chi connectivity index (χ2v) is 25.5. The van der Waals surface area contributed by atoms with Gasteiger partial charge in [-0.3, -0.25) is 9.59 Å². The van der Waals surface area contributed by atoms with E-state index in [2.05, 4.69) is 208 Å². The molecule has 95 heavy (non-hydrogen) atoms. The van der Waals surface area contributed by atoms with E-state index in [4.69, 9.17) is 18.9 Å². The smallest absolute Gasteiger partial charge is 0.306 e. The van der Waals surface area contributed by atoms with Gasteiger partial charge in [-0.05, 0) is 141 Å². The first kappa shape index (κ1) is 89.1. The fraction of sp³-hybridized carbons (Fsp3) is 0.593. The first-order valence-electron chi connectivity index (χ1n) is 37.6. The number of aliphatic carboxylic acids is 1. The third-order valence-corrected chi connectivity index (χ3v) is 15.3. The van der Waals surface area contributed by atoms with Crippen molar-refractivity contribution < 1.29 is 42.9 Å². The summed E-state index contributed by atoms with van der Waals surface area (Å²) < 4.78 is 22.8. The highest BCUT2D eigenvalue weighted by molar-refractivity contribution is 5.70. The van der Waals surface area contributed by atoms with E-state index in [-0.39, 0.29) is 38.6 Å². The van der Waals surface area contributed by atoms with Gasteiger partial charge in [-0.15, -0.1) is 0 Å². The summed E-state index contributed by atoms with van der Waals surface area (Å²) in [5, 5.41) is 11.8. The summed E-state index contributed by atoms with van der Waals surface area (Å²) in [5.74, 6) is -2.31. The van der Waals surface area contributed by atoms with Crippen molar-refractivity contribution in [3.05, 3.63) is 194 Å². The number of esters is 2. The van der Waals surface area contributed by atoms with Gasteiger partial charge in [0.1, 0.15) is 13.2 Å². The minimum absolute atomic E-state index is 0.136. The molecule has 0 saturated carbocycles. The van der Waals surface area contributed by atoms with Crippen LogP contribution in [0.15, 0.2) is 194 Å². The van der Waals surface area contributed by atoms with Crippen molar-refractivity contribution in [2.24, 2.45) is 0 Å². The van der Waals surface area contributed by atoms with Crippen LogP contribution in [-0.4, -0.2) is 82.3 Å². The molecule has 0 bridgehead atoms. The van der Waals surface area contributed by atoms with Crippen molar-refractivity contribution in [3.8, 4) is 0 Å². The summed E-state index contributed by atoms with van der Waals surface area (Å²) in [6.07, 6.45) is 111. The van der Waals surface area contributed by atoms with Gasteiger partial charge in [-0.1, -0.05) is 311 Å². The lowest BCUT2D eigenvalue weighted by atomic mass is 10.0. The molecule has 0 aromatic carbocycles. The molecule has 0 spiro atoms. The van der Waals surface area contributed by atoms with Crippen molar-refractivity contribution in [1.29, 1.82) is 0 Å². The van der Waals surface area contributed by atoms with Gasteiger partial charge in [0.05, 0.1) is 40.3 Å². The van der Waals surface area contributed by atoms with Crippen LogP contribution in [0.1, 0.15) is 271 Å². The average Bonchev–Trinajstić information content (AvgIpc) is 3.54. The maximum Gasteiger partial charge on any atom is 0.306 e. The van der Waals surface area contributed by atoms with Crippen molar-refractivity contribution in [2.75, 3.05) is 47.5 Å². The summed E-state index contributed by atoms with van der Waals surface area (Å²) in [7, 11) is 5.92. The van der Waals surface area contributed by atoms with Crippen LogP contribution >= 0.6 is 0 Å². The van der Waals surface area contributed by atoms with Crippen LogP contribution in [-0.2, 0) is 33.3 Å². The van der Waals surface area contributed by atoms with Gasteiger partial charge in [0, 0.05) is 12.8 Å². The summed E-state index contributed by atoms with van der Waals surface area (Å²) in [6.45, 7) is 4.49. The molecule has 0 rings (SSSR count). The van der Waals surface area contributed by atoms with Gasteiger partial charge in [0.2, 0.25) is 0 Å². The van der Waals surface area contributed by atoms with Gasteiger partial charge < -0.3 is 33.3 Å². The quantitative estimate of drug-likeness (QED) is 0.0195. The summed E-state index contributed by atoms with van der Waals surface area (Å²) in [4.78, 5) is 37.6. The Bertz CT molecular complexity index is 2270. The third kappa shape index (κ3) is 75.4. The van der Waals surface area contributed by atoms with Crippen LogP contribution in [0.4, 0.5) is 0 Å². The lowest BCUT2D eigenvalue weighted by molar-refractivity contribution is -0.870. The number of rotatable bonds is 67. The number of hydrogen-bond donors (Lipinski definition) is 0. The van der Waals surface area contributed by atoms with Crippen LogP contribution in [0.3, 0.4) is 0 Å². The lowest BCUT2D eigenvalue weighted by Crippen LogP contribution is -2.44. The largest absolute Gasteiger partial charge is 0.545 e. The molecular weight excluding hydrogens is 1170 g/mol. The second-order valence-electron chi connectivity index (χ2n) is 25.5. The van der Waals surface area contributed by atoms with Crippen molar-refractivity contribution in [2.45, 2.75) is 283 Å². The molecule has 2 atom stereocenters. The molecular formula is C86H137NO8. The van der Waals surface area contributed by atoms with Crippen LogP contribution in [0.2, 0.25) is 0 Å². The number of carboxylic acid groups (broad SMARTS) is 1. The van der Waals surface area contributed by atoms with Gasteiger partial charge in [0.25, 0.3) is 0 Å². The SMILES string of the molecule is CC/C=C\C/C=C\C/C=C\C/C=C\C/C=C\C/C=C\C/C=C\C/C=C\C/C=C\CCCCCCCCCCCCCCCC(=O)OC(COC(=O)CCCCCCCCC/C=C\C/C=C\C/C=C\C/C=C\C/C=C\C/C=C\C/C=C\CC)COC(OCC[N+](C)(C)C)C(=O)[O-]. The number of nitrogens with zero attached hydrogens (tertiary/aromatic N) is 1. The van der Waals surface area contributed by atoms with Gasteiger partial charge >= 0.3 is 11.9 Å². The number of carboxylic acids is 1. The van der Waals surface area contributed by atoms with Crippen LogP contribution in [0.25, 0.3) is 0 Å². The van der Waals surface area contributed by atoms with E-state index in [0.29, 0.717) is 17.4 Å². The maximum absolute atomic E-state index is 13.0. The van der Waals surface area contributed by atoms with Gasteiger partial charge in [-0.2, -0.15) is 0 Å². The number of quaternary nitrogens is 1. The molecule has 0 saturated heterocycles. The fourth-order valence-electron chi connectivity index (χ4n) is 9.69. The highest BCUT2D eigenvalue weighted by Crippen LogP contribution is 2.16. The Morgan fingerprint density at radius 1 is 0.316 bits per heavy atom. The van der Waals surface area contributed by atoms with E-state index in [1.807, 2.05) is 21.1 Å². The number of likely N-dealkylation sites (N-methyl/N-ethyl adjacent to an activating group) is 1. The molecule has 0 fully saturated rings. The first-order valence-corrected chi connectivity index (χ1v) is 37.6. The van der Waals surface area contributed by atoms with Gasteiger partial charge in [-0.25, -0.2) is 0 Å². The number of unbranched alkanes of at least 4 members (excludes halogenated alkanes) is 20. The Kier molecular flexibility index (Phi) is 69.4. The van der Waals surface area contributed by atoms with Crippen LogP contribution in [0.5, 0.6) is 0 Å². The molecule has 0 aromatic rings. The molecule has 0 aromatic heterocycles. The molecule has 2 unspecified atom stereocenters. The number of ether oxygens (including phenoxy) is 4. The maximum atomic E-state index is 13.0. The Balaban J connectivity index is 4.16. The zero-order valence-electron chi connectivity index (χ0n) is 61.0. The lowest BCUT2D eigenvalue weighted by Gasteiger charge is -2.26. The zero-order valence-corrected chi connectivity index (χ0v) is 61.0. The average molecular weight is 1310 g/mol. The van der Waals surface area contributed by atoms with Crippen LogP contribution < -0.4 is 5.11 Å². The first-order chi connectivity index (χ1) is 46.6. The Hall–Kier alpha value is -5.87. The van der Waals surface area contributed by atoms with Crippen LogP contribution in [0, 0.1) is 0 Å². The number of carbonyl (C=O) groups excluding carboxylic acids is 3. The Labute approximate surface area is 582 Å². The standard InChI is InChI=1S/C86H137NO8/c1-6-8-10-12-14-16-18-20-22-24-26-28-30-32-34-36-37-38-39-40-41-42-43-44-45-46-47-49-51-53-55-57-59-61-63-65-67-69-71-73-75-77-84(89)95-82(81-94-86(85(90)91)92-79-78-87(3,4)5)80-93-83(88)76-74-72-70-68-66-64-62-60-58-56-54-52-50-48-35-33-31-29-27-25-23-21-19-17-15-13-11-9-7-2/h8-11,14-17,20-23,26-29,32-35,37-38,40-41,43-44,46-47,50,52,56,58,82,86H,6-7,12-13,18-19,24-25,30-31,36,39,42,45,48-49,51,53-55,57,59-81H2,1-5H3/b10-8-,11-9-,16-14-,17-15-,22-20-,23-21-,28-26-,29-27-,34-32-,35-33-,38-37-,41-40-,44-43-,47-46-,52-50-,58-56-. The number of carbonyl (C=O) groups is 3.